The first-order valence-corrected chi connectivity index (χ1v) is 9.36. The predicted molar refractivity (Wildman–Crippen MR) is 106 cm³/mol. The van der Waals surface area contributed by atoms with E-state index in [4.69, 9.17) is 9.47 Å². The number of hydrogen-bond acceptors (Lipinski definition) is 3. The van der Waals surface area contributed by atoms with Crippen molar-refractivity contribution in [1.29, 1.82) is 0 Å². The van der Waals surface area contributed by atoms with Crippen LogP contribution >= 0.6 is 0 Å². The summed E-state index contributed by atoms with van der Waals surface area (Å²) in [5, 5.41) is 3.39. The molecule has 2 rings (SSSR count). The molecule has 0 saturated carbocycles. The first kappa shape index (κ1) is 19.2. The Morgan fingerprint density at radius 3 is 2.32 bits per heavy atom. The molecule has 0 saturated heterocycles. The van der Waals surface area contributed by atoms with Crippen molar-refractivity contribution in [3.8, 4) is 11.5 Å². The van der Waals surface area contributed by atoms with Crippen LogP contribution in [0.1, 0.15) is 52.0 Å². The van der Waals surface area contributed by atoms with E-state index < -0.39 is 0 Å². The maximum Gasteiger partial charge on any atom is 0.122 e. The van der Waals surface area contributed by atoms with Crippen LogP contribution in [0, 0.1) is 0 Å². The Balaban J connectivity index is 1.80. The fourth-order valence-corrected chi connectivity index (χ4v) is 2.56. The molecule has 2 aromatic carbocycles. The van der Waals surface area contributed by atoms with E-state index in [9.17, 15) is 0 Å². The van der Waals surface area contributed by atoms with Crippen molar-refractivity contribution in [2.24, 2.45) is 0 Å². The fraction of sp³-hybridized carbons (Fsp3) is 0.455. The molecule has 0 radical (unpaired) electrons. The molecule has 0 spiro atoms. The maximum atomic E-state index is 5.99. The van der Waals surface area contributed by atoms with Gasteiger partial charge >= 0.3 is 0 Å². The van der Waals surface area contributed by atoms with E-state index in [0.717, 1.165) is 36.6 Å². The van der Waals surface area contributed by atoms with Gasteiger partial charge in [-0.2, -0.15) is 0 Å². The molecule has 2 aromatic rings. The first-order chi connectivity index (χ1) is 12.1. The van der Waals surface area contributed by atoms with E-state index in [1.165, 1.54) is 5.56 Å². The van der Waals surface area contributed by atoms with E-state index in [1.54, 1.807) is 0 Å². The Bertz CT molecular complexity index is 624. The van der Waals surface area contributed by atoms with Crippen molar-refractivity contribution in [3.05, 3.63) is 54.1 Å². The average Bonchev–Trinajstić information content (AvgIpc) is 2.66. The lowest BCUT2D eigenvalue weighted by Gasteiger charge is -2.16. The van der Waals surface area contributed by atoms with Crippen LogP contribution in [0.15, 0.2) is 48.5 Å². The molecule has 0 aliphatic rings. The number of benzene rings is 2. The zero-order chi connectivity index (χ0) is 18.1. The highest BCUT2D eigenvalue weighted by molar-refractivity contribution is 5.46. The Hall–Kier alpha value is -2.16. The molecule has 0 amide bonds. The molecule has 3 nitrogen and oxygen atoms in total. The van der Waals surface area contributed by atoms with Gasteiger partial charge in [-0.1, -0.05) is 39.0 Å². The molecule has 1 N–H and O–H groups in total. The minimum atomic E-state index is 0.248. The van der Waals surface area contributed by atoms with Crippen LogP contribution in [-0.2, 0) is 0 Å². The molecule has 0 heterocycles. The number of hydrogen-bond donors (Lipinski definition) is 1. The quantitative estimate of drug-likeness (QED) is 0.548. The van der Waals surface area contributed by atoms with Gasteiger partial charge in [0.05, 0.1) is 6.10 Å². The molecule has 136 valence electrons. The summed E-state index contributed by atoms with van der Waals surface area (Å²) < 4.78 is 11.8. The van der Waals surface area contributed by atoms with Gasteiger partial charge in [-0.05, 0) is 61.6 Å². The normalized spacial score (nSPS) is 13.1. The lowest BCUT2D eigenvalue weighted by Crippen LogP contribution is -2.13. The maximum absolute atomic E-state index is 5.99. The smallest absolute Gasteiger partial charge is 0.122 e. The third-order valence-corrected chi connectivity index (χ3v) is 4.52. The van der Waals surface area contributed by atoms with Gasteiger partial charge in [0.2, 0.25) is 0 Å². The second-order valence-electron chi connectivity index (χ2n) is 6.48. The van der Waals surface area contributed by atoms with Crippen molar-refractivity contribution < 1.29 is 9.47 Å². The molecule has 2 unspecified atom stereocenters. The summed E-state index contributed by atoms with van der Waals surface area (Å²) in [6, 6.07) is 16.4. The van der Waals surface area contributed by atoms with Crippen LogP contribution in [0.4, 0.5) is 5.69 Å². The van der Waals surface area contributed by atoms with Crippen LogP contribution in [0.3, 0.4) is 0 Å². The van der Waals surface area contributed by atoms with Gasteiger partial charge < -0.3 is 14.8 Å². The molecule has 3 heteroatoms. The fourth-order valence-electron chi connectivity index (χ4n) is 2.56. The van der Waals surface area contributed by atoms with Crippen molar-refractivity contribution in [3.63, 3.8) is 0 Å². The number of rotatable bonds is 10. The predicted octanol–water partition coefficient (Wildman–Crippen LogP) is 5.87. The monoisotopic (exact) mass is 341 g/mol. The summed E-state index contributed by atoms with van der Waals surface area (Å²) >= 11 is 0. The highest BCUT2D eigenvalue weighted by Crippen LogP contribution is 2.28. The minimum Gasteiger partial charge on any atom is -0.491 e. The van der Waals surface area contributed by atoms with Crippen LogP contribution in [0.25, 0.3) is 0 Å². The topological polar surface area (TPSA) is 30.5 Å². The number of anilines is 1. The van der Waals surface area contributed by atoms with Crippen LogP contribution in [-0.4, -0.2) is 19.3 Å². The van der Waals surface area contributed by atoms with Gasteiger partial charge in [0.15, 0.2) is 0 Å². The summed E-state index contributed by atoms with van der Waals surface area (Å²) in [5.74, 6) is 2.43. The van der Waals surface area contributed by atoms with Gasteiger partial charge in [0.25, 0.3) is 0 Å². The first-order valence-electron chi connectivity index (χ1n) is 9.36. The van der Waals surface area contributed by atoms with E-state index in [0.29, 0.717) is 12.5 Å². The Morgan fingerprint density at radius 1 is 0.920 bits per heavy atom. The second kappa shape index (κ2) is 9.97. The lowest BCUT2D eigenvalue weighted by molar-refractivity contribution is 0.217. The van der Waals surface area contributed by atoms with Crippen LogP contribution < -0.4 is 14.8 Å². The third kappa shape index (κ3) is 6.00. The van der Waals surface area contributed by atoms with E-state index in [2.05, 4.69) is 51.2 Å². The standard InChI is InChI=1S/C22H31NO2/c1-5-17(3)21-9-7-8-10-22(21)24-16-15-23-19-11-13-20(14-12-19)25-18(4)6-2/h7-14,17-18,23H,5-6,15-16H2,1-4H3. The number of para-hydroxylation sites is 1. The SMILES string of the molecule is CCC(C)Oc1ccc(NCCOc2ccccc2C(C)CC)cc1. The molecule has 25 heavy (non-hydrogen) atoms. The number of nitrogens with one attached hydrogen (secondary N) is 1. The van der Waals surface area contributed by atoms with Crippen LogP contribution in [0.5, 0.6) is 11.5 Å². The van der Waals surface area contributed by atoms with Gasteiger partial charge in [-0.25, -0.2) is 0 Å². The van der Waals surface area contributed by atoms with Crippen LogP contribution in [0.2, 0.25) is 0 Å². The zero-order valence-electron chi connectivity index (χ0n) is 15.9. The highest BCUT2D eigenvalue weighted by atomic mass is 16.5. The molecule has 0 aliphatic carbocycles. The van der Waals surface area contributed by atoms with Crippen molar-refractivity contribution in [1.82, 2.24) is 0 Å². The van der Waals surface area contributed by atoms with Gasteiger partial charge in [0, 0.05) is 12.2 Å². The third-order valence-electron chi connectivity index (χ3n) is 4.52. The van der Waals surface area contributed by atoms with Gasteiger partial charge in [0.1, 0.15) is 18.1 Å². The second-order valence-corrected chi connectivity index (χ2v) is 6.48. The summed E-state index contributed by atoms with van der Waals surface area (Å²) in [6.07, 6.45) is 2.37. The van der Waals surface area contributed by atoms with Crippen molar-refractivity contribution in [2.75, 3.05) is 18.5 Å². The molecule has 0 fully saturated rings. The van der Waals surface area contributed by atoms with E-state index >= 15 is 0 Å². The van der Waals surface area contributed by atoms with Gasteiger partial charge in [-0.15, -0.1) is 0 Å². The molecular formula is C22H31NO2. The Morgan fingerprint density at radius 2 is 1.64 bits per heavy atom. The molecule has 2 atom stereocenters. The minimum absolute atomic E-state index is 0.248. The van der Waals surface area contributed by atoms with Crippen molar-refractivity contribution in [2.45, 2.75) is 52.6 Å². The molecule has 0 bridgehead atoms. The summed E-state index contributed by atoms with van der Waals surface area (Å²) in [5.41, 5.74) is 2.37. The Kier molecular flexibility index (Phi) is 7.65. The molecule has 0 aliphatic heterocycles. The zero-order valence-corrected chi connectivity index (χ0v) is 15.9. The average molecular weight is 341 g/mol. The summed E-state index contributed by atoms with van der Waals surface area (Å²) in [6.45, 7) is 10.1. The van der Waals surface area contributed by atoms with E-state index in [1.807, 2.05) is 30.3 Å². The molecular weight excluding hydrogens is 310 g/mol. The lowest BCUT2D eigenvalue weighted by atomic mass is 9.98. The largest absolute Gasteiger partial charge is 0.491 e. The van der Waals surface area contributed by atoms with E-state index in [-0.39, 0.29) is 6.10 Å². The summed E-state index contributed by atoms with van der Waals surface area (Å²) in [4.78, 5) is 0. The number of ether oxygens (including phenoxy) is 2. The van der Waals surface area contributed by atoms with Crippen molar-refractivity contribution >= 4 is 5.69 Å². The summed E-state index contributed by atoms with van der Waals surface area (Å²) in [7, 11) is 0. The highest BCUT2D eigenvalue weighted by Gasteiger charge is 2.09. The Labute approximate surface area is 152 Å². The van der Waals surface area contributed by atoms with Gasteiger partial charge in [-0.3, -0.25) is 0 Å². The molecule has 0 aromatic heterocycles.